The van der Waals surface area contributed by atoms with Crippen LogP contribution in [0.1, 0.15) is 12.8 Å². The van der Waals surface area contributed by atoms with Crippen LogP contribution < -0.4 is 5.32 Å². The predicted octanol–water partition coefficient (Wildman–Crippen LogP) is 0.625. The van der Waals surface area contributed by atoms with Crippen LogP contribution in [0.25, 0.3) is 0 Å². The summed E-state index contributed by atoms with van der Waals surface area (Å²) < 4.78 is 5.25. The van der Waals surface area contributed by atoms with Gasteiger partial charge in [0.1, 0.15) is 0 Å². The van der Waals surface area contributed by atoms with Gasteiger partial charge in [-0.1, -0.05) is 0 Å². The van der Waals surface area contributed by atoms with Crippen molar-refractivity contribution in [1.82, 2.24) is 10.2 Å². The molecule has 0 spiro atoms. The number of amides is 2. The zero-order chi connectivity index (χ0) is 13.7. The van der Waals surface area contributed by atoms with Gasteiger partial charge in [-0.05, 0) is 23.8 Å². The fourth-order valence-electron chi connectivity index (χ4n) is 2.37. The fourth-order valence-corrected chi connectivity index (χ4v) is 3.65. The Bertz CT molecular complexity index is 334. The summed E-state index contributed by atoms with van der Waals surface area (Å²) in [5.41, 5.74) is 0. The highest BCUT2D eigenvalue weighted by atomic mass is 32.2. The summed E-state index contributed by atoms with van der Waals surface area (Å²) in [5.74, 6) is 1.91. The van der Waals surface area contributed by atoms with Crippen LogP contribution >= 0.6 is 11.8 Å². The van der Waals surface area contributed by atoms with Crippen molar-refractivity contribution < 1.29 is 19.4 Å². The monoisotopic (exact) mass is 288 g/mol. The van der Waals surface area contributed by atoms with Gasteiger partial charge in [-0.2, -0.15) is 11.8 Å². The van der Waals surface area contributed by atoms with Gasteiger partial charge in [-0.25, -0.2) is 4.79 Å². The molecule has 0 aromatic heterocycles. The lowest BCUT2D eigenvalue weighted by atomic mass is 10.1. The lowest BCUT2D eigenvalue weighted by molar-refractivity contribution is -0.139. The minimum absolute atomic E-state index is 0.0628. The summed E-state index contributed by atoms with van der Waals surface area (Å²) in [6, 6.07) is -0.518. The number of carboxylic acid groups (broad SMARTS) is 1. The number of aliphatic carboxylic acids is 1. The molecule has 19 heavy (non-hydrogen) atoms. The second kappa shape index (κ2) is 7.00. The van der Waals surface area contributed by atoms with E-state index in [0.29, 0.717) is 32.2 Å². The van der Waals surface area contributed by atoms with Gasteiger partial charge in [0.15, 0.2) is 0 Å². The molecule has 2 atom stereocenters. The molecule has 0 aromatic rings. The van der Waals surface area contributed by atoms with Crippen molar-refractivity contribution in [1.29, 1.82) is 0 Å². The molecule has 0 bridgehead atoms. The average Bonchev–Trinajstić information content (AvgIpc) is 2.89. The van der Waals surface area contributed by atoms with E-state index in [2.05, 4.69) is 5.32 Å². The van der Waals surface area contributed by atoms with E-state index in [1.54, 1.807) is 4.90 Å². The number of urea groups is 1. The highest BCUT2D eigenvalue weighted by Crippen LogP contribution is 2.22. The Morgan fingerprint density at radius 2 is 2.32 bits per heavy atom. The summed E-state index contributed by atoms with van der Waals surface area (Å²) in [7, 11) is 0. The van der Waals surface area contributed by atoms with Crippen LogP contribution in [0.15, 0.2) is 0 Å². The lowest BCUT2D eigenvalue weighted by Crippen LogP contribution is -2.53. The zero-order valence-electron chi connectivity index (χ0n) is 10.8. The third kappa shape index (κ3) is 4.28. The molecule has 0 radical (unpaired) electrons. The normalized spacial score (nSPS) is 27.3. The Balaban J connectivity index is 1.82. The van der Waals surface area contributed by atoms with Crippen LogP contribution in [0.4, 0.5) is 4.79 Å². The molecule has 7 heteroatoms. The third-order valence-corrected chi connectivity index (χ3v) is 4.70. The van der Waals surface area contributed by atoms with Crippen molar-refractivity contribution in [2.24, 2.45) is 5.92 Å². The molecule has 6 nitrogen and oxygen atoms in total. The Morgan fingerprint density at radius 3 is 3.00 bits per heavy atom. The molecule has 2 fully saturated rings. The van der Waals surface area contributed by atoms with E-state index in [1.165, 1.54) is 5.75 Å². The minimum Gasteiger partial charge on any atom is -0.481 e. The van der Waals surface area contributed by atoms with Gasteiger partial charge >= 0.3 is 12.0 Å². The first-order valence-electron chi connectivity index (χ1n) is 6.58. The molecular weight excluding hydrogens is 268 g/mol. The molecular formula is C12H20N2O4S. The molecule has 2 aliphatic heterocycles. The topological polar surface area (TPSA) is 78.9 Å². The lowest BCUT2D eigenvalue weighted by Gasteiger charge is -2.35. The van der Waals surface area contributed by atoms with Crippen LogP contribution in [0.5, 0.6) is 0 Å². The predicted molar refractivity (Wildman–Crippen MR) is 72.4 cm³/mol. The Hall–Kier alpha value is -0.950. The molecule has 108 valence electrons. The SMILES string of the molecule is O=C(O)CC1COCCN1C(=O)NCC1CCSC1. The molecule has 2 N–H and O–H groups in total. The highest BCUT2D eigenvalue weighted by molar-refractivity contribution is 7.99. The Morgan fingerprint density at radius 1 is 1.47 bits per heavy atom. The van der Waals surface area contributed by atoms with Gasteiger partial charge in [0, 0.05) is 13.1 Å². The van der Waals surface area contributed by atoms with E-state index >= 15 is 0 Å². The molecule has 2 aliphatic rings. The maximum atomic E-state index is 12.1. The molecule has 2 unspecified atom stereocenters. The van der Waals surface area contributed by atoms with Gasteiger partial charge < -0.3 is 20.1 Å². The van der Waals surface area contributed by atoms with Gasteiger partial charge in [-0.3, -0.25) is 4.79 Å². The number of nitrogens with one attached hydrogen (secondary N) is 1. The molecule has 0 aromatic carbocycles. The number of thioether (sulfide) groups is 1. The van der Waals surface area contributed by atoms with Crippen LogP contribution in [-0.4, -0.2) is 65.9 Å². The first-order chi connectivity index (χ1) is 9.16. The molecule has 2 rings (SSSR count). The second-order valence-corrected chi connectivity index (χ2v) is 6.09. The Kier molecular flexibility index (Phi) is 5.33. The molecule has 2 heterocycles. The first kappa shape index (κ1) is 14.5. The number of hydrogen-bond acceptors (Lipinski definition) is 4. The van der Waals surface area contributed by atoms with Gasteiger partial charge in [0.2, 0.25) is 0 Å². The van der Waals surface area contributed by atoms with Gasteiger partial charge in [0.25, 0.3) is 0 Å². The maximum absolute atomic E-state index is 12.1. The van der Waals surface area contributed by atoms with Crippen molar-refractivity contribution in [3.05, 3.63) is 0 Å². The molecule has 2 amide bonds. The van der Waals surface area contributed by atoms with Crippen LogP contribution in [-0.2, 0) is 9.53 Å². The van der Waals surface area contributed by atoms with E-state index in [1.807, 2.05) is 11.8 Å². The van der Waals surface area contributed by atoms with Crippen molar-refractivity contribution in [3.8, 4) is 0 Å². The summed E-state index contributed by atoms with van der Waals surface area (Å²) in [6.07, 6.45) is 1.08. The van der Waals surface area contributed by atoms with Crippen LogP contribution in [0, 0.1) is 5.92 Å². The van der Waals surface area contributed by atoms with Crippen molar-refractivity contribution in [2.75, 3.05) is 37.8 Å². The summed E-state index contributed by atoms with van der Waals surface area (Å²) in [5, 5.41) is 11.8. The van der Waals surface area contributed by atoms with Crippen LogP contribution in [0.2, 0.25) is 0 Å². The number of nitrogens with zero attached hydrogens (tertiary/aromatic N) is 1. The standard InChI is InChI=1S/C12H20N2O4S/c15-11(16)5-10-7-18-3-2-14(10)12(17)13-6-9-1-4-19-8-9/h9-10H,1-8H2,(H,13,17)(H,15,16). The highest BCUT2D eigenvalue weighted by Gasteiger charge is 2.29. The maximum Gasteiger partial charge on any atom is 0.317 e. The van der Waals surface area contributed by atoms with E-state index in [-0.39, 0.29) is 18.5 Å². The molecule has 2 saturated heterocycles. The quantitative estimate of drug-likeness (QED) is 0.793. The number of carboxylic acids is 1. The number of morpholine rings is 1. The van der Waals surface area contributed by atoms with Crippen LogP contribution in [0.3, 0.4) is 0 Å². The van der Waals surface area contributed by atoms with Crippen molar-refractivity contribution in [3.63, 3.8) is 0 Å². The minimum atomic E-state index is -0.902. The van der Waals surface area contributed by atoms with E-state index < -0.39 is 5.97 Å². The Labute approximate surface area is 116 Å². The number of rotatable bonds is 4. The smallest absolute Gasteiger partial charge is 0.317 e. The third-order valence-electron chi connectivity index (χ3n) is 3.46. The second-order valence-electron chi connectivity index (χ2n) is 4.94. The average molecular weight is 288 g/mol. The fraction of sp³-hybridized carbons (Fsp3) is 0.833. The van der Waals surface area contributed by atoms with Gasteiger partial charge in [0.05, 0.1) is 25.7 Å². The summed E-state index contributed by atoms with van der Waals surface area (Å²) in [6.45, 7) is 1.92. The number of carbonyl (C=O) groups excluding carboxylic acids is 1. The van der Waals surface area contributed by atoms with E-state index in [4.69, 9.17) is 9.84 Å². The van der Waals surface area contributed by atoms with Gasteiger partial charge in [-0.15, -0.1) is 0 Å². The van der Waals surface area contributed by atoms with E-state index in [9.17, 15) is 9.59 Å². The van der Waals surface area contributed by atoms with Crippen molar-refractivity contribution >= 4 is 23.8 Å². The van der Waals surface area contributed by atoms with Crippen molar-refractivity contribution in [2.45, 2.75) is 18.9 Å². The number of carbonyl (C=O) groups is 2. The number of hydrogen-bond donors (Lipinski definition) is 2. The molecule has 0 aliphatic carbocycles. The zero-order valence-corrected chi connectivity index (χ0v) is 11.7. The summed E-state index contributed by atoms with van der Waals surface area (Å²) >= 11 is 1.92. The largest absolute Gasteiger partial charge is 0.481 e. The first-order valence-corrected chi connectivity index (χ1v) is 7.74. The molecule has 0 saturated carbocycles. The summed E-state index contributed by atoms with van der Waals surface area (Å²) in [4.78, 5) is 24.5. The van der Waals surface area contributed by atoms with E-state index in [0.717, 1.165) is 12.2 Å². The number of ether oxygens (including phenoxy) is 1.